The van der Waals surface area contributed by atoms with Gasteiger partial charge in [-0.05, 0) is 35.6 Å². The fraction of sp³-hybridized carbons (Fsp3) is 0.350. The number of rotatable bonds is 8. The Balaban J connectivity index is 1.65. The van der Waals surface area contributed by atoms with Crippen LogP contribution in [0, 0.1) is 0 Å². The Morgan fingerprint density at radius 1 is 1.09 bits per heavy atom. The molecule has 2 rings (SSSR count). The van der Waals surface area contributed by atoms with E-state index in [4.69, 9.17) is 4.74 Å². The largest absolute Gasteiger partial charge is 0.492 e. The molecule has 2 aromatic rings. The molecule has 0 aliphatic carbocycles. The first-order valence-corrected chi connectivity index (χ1v) is 8.18. The Bertz CT molecular complexity index is 608. The van der Waals surface area contributed by atoms with E-state index in [1.165, 1.54) is 11.1 Å². The predicted molar refractivity (Wildman–Crippen MR) is 93.8 cm³/mol. The smallest absolute Gasteiger partial charge is 0.220 e. The molecule has 0 radical (unpaired) electrons. The van der Waals surface area contributed by atoms with Crippen LogP contribution in [0.4, 0.5) is 0 Å². The van der Waals surface area contributed by atoms with E-state index in [-0.39, 0.29) is 5.91 Å². The van der Waals surface area contributed by atoms with Gasteiger partial charge in [-0.3, -0.25) is 4.79 Å². The first kappa shape index (κ1) is 17.1. The number of hydrogen-bond acceptors (Lipinski definition) is 2. The summed E-state index contributed by atoms with van der Waals surface area (Å²) in [5.74, 6) is 1.40. The van der Waals surface area contributed by atoms with Crippen LogP contribution in [0.3, 0.4) is 0 Å². The van der Waals surface area contributed by atoms with Gasteiger partial charge in [0, 0.05) is 6.42 Å². The second-order valence-electron chi connectivity index (χ2n) is 5.91. The fourth-order valence-electron chi connectivity index (χ4n) is 2.31. The maximum Gasteiger partial charge on any atom is 0.220 e. The van der Waals surface area contributed by atoms with Crippen molar-refractivity contribution in [2.24, 2.45) is 0 Å². The number of benzene rings is 2. The van der Waals surface area contributed by atoms with Crippen LogP contribution >= 0.6 is 0 Å². The molecular weight excluding hydrogens is 286 g/mol. The normalized spacial score (nSPS) is 10.6. The molecule has 0 aromatic heterocycles. The molecule has 2 aromatic carbocycles. The molecule has 0 aliphatic heterocycles. The number of ether oxygens (including phenoxy) is 1. The molecule has 0 saturated heterocycles. The van der Waals surface area contributed by atoms with Crippen molar-refractivity contribution < 1.29 is 9.53 Å². The van der Waals surface area contributed by atoms with Gasteiger partial charge in [0.1, 0.15) is 12.4 Å². The number of nitrogens with one attached hydrogen (secondary N) is 1. The van der Waals surface area contributed by atoms with E-state index in [2.05, 4.69) is 31.3 Å². The molecule has 0 aliphatic rings. The molecule has 122 valence electrons. The predicted octanol–water partition coefficient (Wildman–Crippen LogP) is 3.94. The zero-order chi connectivity index (χ0) is 16.5. The topological polar surface area (TPSA) is 38.3 Å². The van der Waals surface area contributed by atoms with Crippen LogP contribution in [-0.4, -0.2) is 19.1 Å². The van der Waals surface area contributed by atoms with Crippen LogP contribution in [-0.2, 0) is 11.2 Å². The Kier molecular flexibility index (Phi) is 6.67. The van der Waals surface area contributed by atoms with Crippen molar-refractivity contribution in [1.82, 2.24) is 5.32 Å². The highest BCUT2D eigenvalue weighted by Crippen LogP contribution is 2.19. The van der Waals surface area contributed by atoms with Gasteiger partial charge in [0.25, 0.3) is 0 Å². The zero-order valence-corrected chi connectivity index (χ0v) is 13.9. The van der Waals surface area contributed by atoms with Crippen LogP contribution in [0.1, 0.15) is 37.3 Å². The molecule has 0 spiro atoms. The Morgan fingerprint density at radius 2 is 1.87 bits per heavy atom. The number of aryl methyl sites for hydroxylation is 1. The average molecular weight is 311 g/mol. The minimum atomic E-state index is 0.0633. The van der Waals surface area contributed by atoms with Gasteiger partial charge in [-0.1, -0.05) is 56.3 Å². The van der Waals surface area contributed by atoms with Crippen molar-refractivity contribution in [2.45, 2.75) is 32.6 Å². The molecule has 0 bridgehead atoms. The summed E-state index contributed by atoms with van der Waals surface area (Å²) in [4.78, 5) is 11.8. The Morgan fingerprint density at radius 3 is 2.61 bits per heavy atom. The van der Waals surface area contributed by atoms with Crippen molar-refractivity contribution in [3.63, 3.8) is 0 Å². The summed E-state index contributed by atoms with van der Waals surface area (Å²) in [6.45, 7) is 5.33. The number of amides is 1. The number of hydrogen-bond donors (Lipinski definition) is 1. The lowest BCUT2D eigenvalue weighted by Gasteiger charge is -2.10. The standard InChI is InChI=1S/C20H25NO2/c1-16(2)18-9-6-10-19(15-18)23-14-13-21-20(22)12-11-17-7-4-3-5-8-17/h3-10,15-16H,11-14H2,1-2H3,(H,21,22). The lowest BCUT2D eigenvalue weighted by molar-refractivity contribution is -0.121. The summed E-state index contributed by atoms with van der Waals surface area (Å²) >= 11 is 0. The van der Waals surface area contributed by atoms with Gasteiger partial charge in [-0.15, -0.1) is 0 Å². The molecule has 3 heteroatoms. The summed E-state index contributed by atoms with van der Waals surface area (Å²) in [5, 5.41) is 2.90. The van der Waals surface area contributed by atoms with Gasteiger partial charge in [0.05, 0.1) is 6.54 Å². The molecule has 1 N–H and O–H groups in total. The second-order valence-corrected chi connectivity index (χ2v) is 5.91. The van der Waals surface area contributed by atoms with Crippen molar-refractivity contribution >= 4 is 5.91 Å². The third-order valence-corrected chi connectivity index (χ3v) is 3.70. The van der Waals surface area contributed by atoms with Gasteiger partial charge in [0.15, 0.2) is 0 Å². The maximum absolute atomic E-state index is 11.8. The van der Waals surface area contributed by atoms with E-state index in [0.29, 0.717) is 25.5 Å². The molecule has 0 heterocycles. The molecule has 0 fully saturated rings. The van der Waals surface area contributed by atoms with Crippen LogP contribution in [0.25, 0.3) is 0 Å². The van der Waals surface area contributed by atoms with E-state index in [0.717, 1.165) is 12.2 Å². The fourth-order valence-corrected chi connectivity index (χ4v) is 2.31. The highest BCUT2D eigenvalue weighted by Gasteiger charge is 2.03. The van der Waals surface area contributed by atoms with E-state index < -0.39 is 0 Å². The highest BCUT2D eigenvalue weighted by molar-refractivity contribution is 5.76. The van der Waals surface area contributed by atoms with Crippen molar-refractivity contribution in [1.29, 1.82) is 0 Å². The SMILES string of the molecule is CC(C)c1cccc(OCCNC(=O)CCc2ccccc2)c1. The lowest BCUT2D eigenvalue weighted by Crippen LogP contribution is -2.28. The van der Waals surface area contributed by atoms with Crippen LogP contribution in [0.5, 0.6) is 5.75 Å². The first-order valence-electron chi connectivity index (χ1n) is 8.18. The van der Waals surface area contributed by atoms with Gasteiger partial charge >= 0.3 is 0 Å². The third-order valence-electron chi connectivity index (χ3n) is 3.70. The summed E-state index contributed by atoms with van der Waals surface area (Å²) in [5.41, 5.74) is 2.44. The average Bonchev–Trinajstić information content (AvgIpc) is 2.58. The molecule has 0 saturated carbocycles. The minimum Gasteiger partial charge on any atom is -0.492 e. The van der Waals surface area contributed by atoms with Crippen molar-refractivity contribution in [3.8, 4) is 5.75 Å². The monoisotopic (exact) mass is 311 g/mol. The Labute approximate surface area is 138 Å². The number of carbonyl (C=O) groups is 1. The molecule has 0 unspecified atom stereocenters. The van der Waals surface area contributed by atoms with E-state index in [1.54, 1.807) is 0 Å². The first-order chi connectivity index (χ1) is 11.1. The Hall–Kier alpha value is -2.29. The lowest BCUT2D eigenvalue weighted by atomic mass is 10.0. The summed E-state index contributed by atoms with van der Waals surface area (Å²) in [7, 11) is 0. The summed E-state index contributed by atoms with van der Waals surface area (Å²) in [6.07, 6.45) is 1.27. The van der Waals surface area contributed by atoms with E-state index >= 15 is 0 Å². The van der Waals surface area contributed by atoms with E-state index in [9.17, 15) is 4.79 Å². The van der Waals surface area contributed by atoms with Crippen LogP contribution in [0.2, 0.25) is 0 Å². The summed E-state index contributed by atoms with van der Waals surface area (Å²) in [6, 6.07) is 18.2. The molecule has 0 atom stereocenters. The van der Waals surface area contributed by atoms with Gasteiger partial charge in [-0.25, -0.2) is 0 Å². The third kappa shape index (κ3) is 6.15. The maximum atomic E-state index is 11.8. The molecule has 3 nitrogen and oxygen atoms in total. The second kappa shape index (κ2) is 8.99. The minimum absolute atomic E-state index is 0.0633. The van der Waals surface area contributed by atoms with Gasteiger partial charge in [0.2, 0.25) is 5.91 Å². The zero-order valence-electron chi connectivity index (χ0n) is 13.9. The molecule has 1 amide bonds. The van der Waals surface area contributed by atoms with E-state index in [1.807, 2.05) is 42.5 Å². The van der Waals surface area contributed by atoms with Crippen LogP contribution in [0.15, 0.2) is 54.6 Å². The molecule has 23 heavy (non-hydrogen) atoms. The van der Waals surface area contributed by atoms with Crippen molar-refractivity contribution in [3.05, 3.63) is 65.7 Å². The number of carbonyl (C=O) groups excluding carboxylic acids is 1. The summed E-state index contributed by atoms with van der Waals surface area (Å²) < 4.78 is 5.70. The van der Waals surface area contributed by atoms with Gasteiger partial charge in [-0.2, -0.15) is 0 Å². The van der Waals surface area contributed by atoms with Crippen molar-refractivity contribution in [2.75, 3.05) is 13.2 Å². The van der Waals surface area contributed by atoms with Gasteiger partial charge < -0.3 is 10.1 Å². The highest BCUT2D eigenvalue weighted by atomic mass is 16.5. The quantitative estimate of drug-likeness (QED) is 0.750. The molecular formula is C20H25NO2. The van der Waals surface area contributed by atoms with Crippen LogP contribution < -0.4 is 10.1 Å².